The number of amides is 1. The van der Waals surface area contributed by atoms with Gasteiger partial charge in [-0.3, -0.25) is 10.1 Å². The van der Waals surface area contributed by atoms with Gasteiger partial charge in [0.05, 0.1) is 5.54 Å². The second kappa shape index (κ2) is 10.4. The largest absolute Gasteiger partial charge is 0.367 e. The molecule has 0 unspecified atom stereocenters. The average Bonchev–Trinajstić information content (AvgIpc) is 3.40. The fraction of sp³-hybridized carbons (Fsp3) is 0.300. The van der Waals surface area contributed by atoms with Gasteiger partial charge < -0.3 is 15.5 Å². The number of carbonyl (C=O) groups is 1. The second-order valence-electron chi connectivity index (χ2n) is 9.69. The van der Waals surface area contributed by atoms with Crippen molar-refractivity contribution in [1.82, 2.24) is 20.9 Å². The molecular weight excluding hydrogens is 432 g/mol. The van der Waals surface area contributed by atoms with Crippen LogP contribution in [0.15, 0.2) is 103 Å². The van der Waals surface area contributed by atoms with Gasteiger partial charge >= 0.3 is 0 Å². The van der Waals surface area contributed by atoms with E-state index in [0.717, 1.165) is 38.8 Å². The summed E-state index contributed by atoms with van der Waals surface area (Å²) in [6.45, 7) is 2.40. The zero-order chi connectivity index (χ0) is 24.0. The van der Waals surface area contributed by atoms with E-state index in [1.165, 1.54) is 16.7 Å². The number of carbonyl (C=O) groups excluding carboxylic acids is 1. The van der Waals surface area contributed by atoms with Gasteiger partial charge in [-0.2, -0.15) is 0 Å². The summed E-state index contributed by atoms with van der Waals surface area (Å²) in [6.07, 6.45) is 8.05. The molecule has 0 aromatic heterocycles. The van der Waals surface area contributed by atoms with Crippen LogP contribution in [-0.2, 0) is 10.3 Å². The summed E-state index contributed by atoms with van der Waals surface area (Å²) in [5, 5.41) is 11.3. The Labute approximate surface area is 208 Å². The molecule has 5 rings (SSSR count). The predicted molar refractivity (Wildman–Crippen MR) is 140 cm³/mol. The number of piperidine rings is 1. The quantitative estimate of drug-likeness (QED) is 0.327. The molecular formula is C30H34N4O. The summed E-state index contributed by atoms with van der Waals surface area (Å²) in [7, 11) is 0. The summed E-state index contributed by atoms with van der Waals surface area (Å²) in [6, 6.07) is 32.2. The number of benzene rings is 3. The van der Waals surface area contributed by atoms with Gasteiger partial charge in [-0.1, -0.05) is 91.0 Å². The topological polar surface area (TPSA) is 56.4 Å². The first-order valence-corrected chi connectivity index (χ1v) is 12.6. The van der Waals surface area contributed by atoms with Crippen molar-refractivity contribution in [2.24, 2.45) is 5.92 Å². The lowest BCUT2D eigenvalue weighted by molar-refractivity contribution is -0.119. The lowest BCUT2D eigenvalue weighted by Gasteiger charge is -2.43. The second-order valence-corrected chi connectivity index (χ2v) is 9.69. The summed E-state index contributed by atoms with van der Waals surface area (Å²) in [5.41, 5.74) is 2.81. The van der Waals surface area contributed by atoms with E-state index in [0.29, 0.717) is 12.5 Å². The smallest absolute Gasteiger partial charge is 0.209 e. The third-order valence-electron chi connectivity index (χ3n) is 7.51. The first-order chi connectivity index (χ1) is 17.2. The number of nitrogens with one attached hydrogen (secondary N) is 3. The van der Waals surface area contributed by atoms with E-state index in [-0.39, 0.29) is 5.66 Å². The highest BCUT2D eigenvalue weighted by molar-refractivity contribution is 5.49. The van der Waals surface area contributed by atoms with Gasteiger partial charge in [0.25, 0.3) is 0 Å². The maximum absolute atomic E-state index is 11.2. The molecule has 3 aromatic rings. The molecule has 35 heavy (non-hydrogen) atoms. The molecule has 5 nitrogen and oxygen atoms in total. The highest BCUT2D eigenvalue weighted by Crippen LogP contribution is 2.37. The van der Waals surface area contributed by atoms with Gasteiger partial charge in [-0.25, -0.2) is 0 Å². The minimum Gasteiger partial charge on any atom is -0.367 e. The lowest BCUT2D eigenvalue weighted by atomic mass is 9.76. The average molecular weight is 467 g/mol. The van der Waals surface area contributed by atoms with Crippen LogP contribution in [0.25, 0.3) is 0 Å². The molecule has 1 amide bonds. The fourth-order valence-corrected chi connectivity index (χ4v) is 5.65. The number of rotatable bonds is 9. The Morgan fingerprint density at radius 2 is 1.26 bits per heavy atom. The van der Waals surface area contributed by atoms with E-state index in [1.54, 1.807) is 0 Å². The maximum atomic E-state index is 11.2. The van der Waals surface area contributed by atoms with Gasteiger partial charge in [0.1, 0.15) is 5.66 Å². The first kappa shape index (κ1) is 23.2. The van der Waals surface area contributed by atoms with Crippen molar-refractivity contribution >= 4 is 6.41 Å². The third-order valence-corrected chi connectivity index (χ3v) is 7.51. The lowest BCUT2D eigenvalue weighted by Crippen LogP contribution is -2.61. The summed E-state index contributed by atoms with van der Waals surface area (Å²) >= 11 is 0. The van der Waals surface area contributed by atoms with Crippen LogP contribution in [0.1, 0.15) is 36.0 Å². The van der Waals surface area contributed by atoms with Crippen LogP contribution in [0.4, 0.5) is 0 Å². The molecule has 3 N–H and O–H groups in total. The number of likely N-dealkylation sites (tertiary alicyclic amines) is 1. The Morgan fingerprint density at radius 1 is 0.800 bits per heavy atom. The molecule has 0 aliphatic carbocycles. The van der Waals surface area contributed by atoms with Gasteiger partial charge in [0, 0.05) is 32.0 Å². The van der Waals surface area contributed by atoms with Crippen LogP contribution in [0.2, 0.25) is 0 Å². The number of nitrogens with zero attached hydrogens (tertiary/aromatic N) is 1. The summed E-state index contributed by atoms with van der Waals surface area (Å²) in [4.78, 5) is 13.1. The number of hydrogen-bond donors (Lipinski definition) is 3. The fourth-order valence-electron chi connectivity index (χ4n) is 5.65. The molecule has 180 valence electrons. The Bertz CT molecular complexity index is 1000. The van der Waals surface area contributed by atoms with E-state index >= 15 is 0 Å². The van der Waals surface area contributed by atoms with Crippen molar-refractivity contribution in [3.05, 3.63) is 120 Å². The zero-order valence-electron chi connectivity index (χ0n) is 20.1. The molecule has 2 heterocycles. The van der Waals surface area contributed by atoms with Gasteiger partial charge in [-0.15, -0.1) is 0 Å². The van der Waals surface area contributed by atoms with Crippen LogP contribution < -0.4 is 16.0 Å². The molecule has 0 saturated carbocycles. The number of hydrogen-bond acceptors (Lipinski definition) is 4. The van der Waals surface area contributed by atoms with E-state index < -0.39 is 5.54 Å². The minimum absolute atomic E-state index is 0.294. The van der Waals surface area contributed by atoms with Crippen molar-refractivity contribution in [3.8, 4) is 0 Å². The maximum Gasteiger partial charge on any atom is 0.209 e. The van der Waals surface area contributed by atoms with Gasteiger partial charge in [0.15, 0.2) is 0 Å². The van der Waals surface area contributed by atoms with Crippen molar-refractivity contribution in [2.75, 3.05) is 19.6 Å². The SMILES string of the molecule is O=CN1CCC(CC2(CNC(c3ccccc3)(c3ccccc3)c3ccccc3)NC=CN2)CC1. The Kier molecular flexibility index (Phi) is 6.87. The van der Waals surface area contributed by atoms with Crippen LogP contribution in [0, 0.1) is 5.92 Å². The van der Waals surface area contributed by atoms with Crippen molar-refractivity contribution in [1.29, 1.82) is 0 Å². The molecule has 1 saturated heterocycles. The molecule has 0 radical (unpaired) electrons. The van der Waals surface area contributed by atoms with Crippen LogP contribution in [-0.4, -0.2) is 36.6 Å². The Balaban J connectivity index is 1.49. The highest BCUT2D eigenvalue weighted by Gasteiger charge is 2.41. The molecule has 2 aliphatic rings. The molecule has 0 bridgehead atoms. The van der Waals surface area contributed by atoms with Crippen LogP contribution >= 0.6 is 0 Å². The molecule has 1 fully saturated rings. The van der Waals surface area contributed by atoms with E-state index in [2.05, 4.69) is 107 Å². The van der Waals surface area contributed by atoms with Crippen molar-refractivity contribution in [2.45, 2.75) is 30.5 Å². The first-order valence-electron chi connectivity index (χ1n) is 12.6. The third kappa shape index (κ3) is 4.82. The van der Waals surface area contributed by atoms with Crippen molar-refractivity contribution < 1.29 is 4.79 Å². The van der Waals surface area contributed by atoms with E-state index in [4.69, 9.17) is 0 Å². The van der Waals surface area contributed by atoms with Crippen molar-refractivity contribution in [3.63, 3.8) is 0 Å². The van der Waals surface area contributed by atoms with Crippen LogP contribution in [0.5, 0.6) is 0 Å². The molecule has 0 atom stereocenters. The standard InChI is InChI=1S/C30H34N4O/c35-24-34-20-16-25(17-21-34)22-29(31-18-19-32-29)23-33-30(26-10-4-1-5-11-26,27-12-6-2-7-13-27)28-14-8-3-9-15-28/h1-15,18-19,24-25,31-33H,16-17,20-23H2. The van der Waals surface area contributed by atoms with Crippen LogP contribution in [0.3, 0.4) is 0 Å². The highest BCUT2D eigenvalue weighted by atomic mass is 16.1. The van der Waals surface area contributed by atoms with Gasteiger partial charge in [-0.05, 0) is 41.9 Å². The summed E-state index contributed by atoms with van der Waals surface area (Å²) in [5.74, 6) is 0.549. The molecule has 5 heteroatoms. The molecule has 3 aromatic carbocycles. The Hall–Kier alpha value is -3.57. The zero-order valence-corrected chi connectivity index (χ0v) is 20.1. The minimum atomic E-state index is -0.510. The van der Waals surface area contributed by atoms with E-state index in [1.807, 2.05) is 17.3 Å². The van der Waals surface area contributed by atoms with Gasteiger partial charge in [0.2, 0.25) is 6.41 Å². The molecule has 0 spiro atoms. The summed E-state index contributed by atoms with van der Waals surface area (Å²) < 4.78 is 0. The predicted octanol–water partition coefficient (Wildman–Crippen LogP) is 4.19. The monoisotopic (exact) mass is 466 g/mol. The Morgan fingerprint density at radius 3 is 1.69 bits per heavy atom. The molecule has 2 aliphatic heterocycles. The normalized spacial score (nSPS) is 17.5. The van der Waals surface area contributed by atoms with E-state index in [9.17, 15) is 4.79 Å².